The number of hydrogen-bond acceptors (Lipinski definition) is 7. The summed E-state index contributed by atoms with van der Waals surface area (Å²) in [4.78, 5) is 26.0. The fraction of sp³-hybridized carbons (Fsp3) is 0.111. The first-order valence-corrected chi connectivity index (χ1v) is 11.0. The second kappa shape index (κ2) is 8.15. The summed E-state index contributed by atoms with van der Waals surface area (Å²) in [5.41, 5.74) is 6.70. The Bertz CT molecular complexity index is 1240. The summed E-state index contributed by atoms with van der Waals surface area (Å²) in [6.07, 6.45) is 4.98. The lowest BCUT2D eigenvalue weighted by molar-refractivity contribution is 0.598. The molecule has 2 heterocycles. The molecule has 0 aliphatic heterocycles. The molecule has 0 aliphatic carbocycles. The maximum absolute atomic E-state index is 13.4. The minimum atomic E-state index is -3.87. The summed E-state index contributed by atoms with van der Waals surface area (Å²) in [5.74, 6) is 0.392. The Hall–Kier alpha value is -3.02. The Morgan fingerprint density at radius 1 is 1.21 bits per heavy atom. The fourth-order valence-electron chi connectivity index (χ4n) is 2.69. The molecule has 11 heteroatoms. The molecule has 0 unspecified atom stereocenters. The maximum Gasteiger partial charge on any atom is 0.270 e. The first-order valence-electron chi connectivity index (χ1n) is 8.25. The van der Waals surface area contributed by atoms with E-state index in [4.69, 9.17) is 10.9 Å². The summed E-state index contributed by atoms with van der Waals surface area (Å²) < 4.78 is 24.5. The Labute approximate surface area is 171 Å². The minimum Gasteiger partial charge on any atom is -0.383 e. The van der Waals surface area contributed by atoms with Crippen LogP contribution >= 0.6 is 11.8 Å². The molecule has 3 rings (SSSR count). The lowest BCUT2D eigenvalue weighted by atomic mass is 10.2. The van der Waals surface area contributed by atoms with Crippen LogP contribution in [0.3, 0.4) is 0 Å². The molecule has 0 fully saturated rings. The van der Waals surface area contributed by atoms with Gasteiger partial charge < -0.3 is 5.73 Å². The Morgan fingerprint density at radius 3 is 2.41 bits per heavy atom. The molecule has 2 aromatic heterocycles. The number of benzene rings is 1. The van der Waals surface area contributed by atoms with E-state index in [-0.39, 0.29) is 16.3 Å². The van der Waals surface area contributed by atoms with Gasteiger partial charge in [0.2, 0.25) is 10.0 Å². The van der Waals surface area contributed by atoms with E-state index < -0.39 is 15.6 Å². The predicted octanol–water partition coefficient (Wildman–Crippen LogP) is 0.999. The first kappa shape index (κ1) is 20.7. The highest BCUT2D eigenvalue weighted by molar-refractivity contribution is 7.98. The van der Waals surface area contributed by atoms with Crippen LogP contribution in [0.1, 0.15) is 5.56 Å². The van der Waals surface area contributed by atoms with Crippen LogP contribution < -0.4 is 16.4 Å². The van der Waals surface area contributed by atoms with Gasteiger partial charge in [0.1, 0.15) is 22.2 Å². The zero-order valence-corrected chi connectivity index (χ0v) is 17.2. The quantitative estimate of drug-likeness (QED) is 0.266. The highest BCUT2D eigenvalue weighted by Crippen LogP contribution is 2.24. The molecule has 0 radical (unpaired) electrons. The van der Waals surface area contributed by atoms with E-state index >= 15 is 0 Å². The van der Waals surface area contributed by atoms with E-state index in [1.807, 2.05) is 0 Å². The lowest BCUT2D eigenvalue weighted by Gasteiger charge is -2.16. The van der Waals surface area contributed by atoms with Crippen LogP contribution in [-0.2, 0) is 10.0 Å². The van der Waals surface area contributed by atoms with Gasteiger partial charge in [0.15, 0.2) is 0 Å². The van der Waals surface area contributed by atoms with E-state index in [2.05, 4.69) is 15.0 Å². The van der Waals surface area contributed by atoms with Gasteiger partial charge in [0, 0.05) is 25.0 Å². The topological polar surface area (TPSA) is 146 Å². The molecule has 0 bridgehead atoms. The summed E-state index contributed by atoms with van der Waals surface area (Å²) in [7, 11) is -2.38. The number of primary sulfonamides is 1. The number of sulfonamides is 1. The normalized spacial score (nSPS) is 12.2. The second-order valence-corrected chi connectivity index (χ2v) is 8.21. The van der Waals surface area contributed by atoms with Crippen LogP contribution in [0.2, 0.25) is 0 Å². The summed E-state index contributed by atoms with van der Waals surface area (Å²) in [6, 6.07) is 9.09. The molecule has 150 valence electrons. The molecular weight excluding hydrogens is 412 g/mol. The lowest BCUT2D eigenvalue weighted by Crippen LogP contribution is -2.32. The Balaban J connectivity index is 2.38. The summed E-state index contributed by atoms with van der Waals surface area (Å²) in [6.45, 7) is 0. The molecule has 29 heavy (non-hydrogen) atoms. The zero-order valence-electron chi connectivity index (χ0n) is 15.6. The highest BCUT2D eigenvalue weighted by atomic mass is 32.2. The largest absolute Gasteiger partial charge is 0.383 e. The summed E-state index contributed by atoms with van der Waals surface area (Å²) >= 11 is 1.27. The molecule has 0 saturated heterocycles. The number of amidine groups is 1. The molecule has 0 aliphatic rings. The van der Waals surface area contributed by atoms with E-state index in [0.717, 1.165) is 0 Å². The van der Waals surface area contributed by atoms with Gasteiger partial charge in [-0.05, 0) is 42.7 Å². The molecule has 3 aromatic rings. The van der Waals surface area contributed by atoms with Crippen molar-refractivity contribution in [3.05, 3.63) is 64.7 Å². The van der Waals surface area contributed by atoms with Crippen molar-refractivity contribution in [2.45, 2.75) is 9.92 Å². The third-order valence-electron chi connectivity index (χ3n) is 4.08. The number of rotatable bonds is 5. The molecule has 0 atom stereocenters. The SMILES string of the molecule is CN=C(N)c1c(SC)nc(-c2cccnc2)n(-c2ccc(S(N)(=O)=O)cc2)c1=O. The summed E-state index contributed by atoms with van der Waals surface area (Å²) in [5, 5.41) is 5.59. The smallest absolute Gasteiger partial charge is 0.270 e. The number of nitrogens with two attached hydrogens (primary N) is 2. The van der Waals surface area contributed by atoms with Crippen molar-refractivity contribution >= 4 is 27.6 Å². The molecule has 4 N–H and O–H groups in total. The van der Waals surface area contributed by atoms with Gasteiger partial charge in [0.05, 0.1) is 10.6 Å². The average Bonchev–Trinajstić information content (AvgIpc) is 2.72. The molecule has 0 saturated carbocycles. The number of aliphatic imine (C=N–C) groups is 1. The second-order valence-electron chi connectivity index (χ2n) is 5.85. The minimum absolute atomic E-state index is 0.0551. The van der Waals surface area contributed by atoms with Gasteiger partial charge in [-0.15, -0.1) is 11.8 Å². The van der Waals surface area contributed by atoms with Crippen LogP contribution in [0.15, 0.2) is 68.5 Å². The fourth-order valence-corrected chi connectivity index (χ4v) is 3.78. The third-order valence-corrected chi connectivity index (χ3v) is 5.69. The number of aromatic nitrogens is 3. The van der Waals surface area contributed by atoms with Gasteiger partial charge >= 0.3 is 0 Å². The van der Waals surface area contributed by atoms with Gasteiger partial charge in [-0.25, -0.2) is 18.5 Å². The Kier molecular flexibility index (Phi) is 5.82. The van der Waals surface area contributed by atoms with Crippen molar-refractivity contribution in [1.82, 2.24) is 14.5 Å². The van der Waals surface area contributed by atoms with E-state index in [0.29, 0.717) is 22.1 Å². The van der Waals surface area contributed by atoms with E-state index in [1.165, 1.54) is 47.6 Å². The molecule has 0 spiro atoms. The first-order chi connectivity index (χ1) is 13.8. The van der Waals surface area contributed by atoms with Crippen molar-refractivity contribution in [2.75, 3.05) is 13.3 Å². The van der Waals surface area contributed by atoms with Crippen molar-refractivity contribution < 1.29 is 8.42 Å². The monoisotopic (exact) mass is 430 g/mol. The van der Waals surface area contributed by atoms with Gasteiger partial charge in [0.25, 0.3) is 5.56 Å². The Morgan fingerprint density at radius 2 is 1.90 bits per heavy atom. The predicted molar refractivity (Wildman–Crippen MR) is 113 cm³/mol. The third kappa shape index (κ3) is 4.06. The molecular formula is C18H18N6O3S2. The van der Waals surface area contributed by atoms with E-state index in [9.17, 15) is 13.2 Å². The van der Waals surface area contributed by atoms with Crippen molar-refractivity contribution in [1.29, 1.82) is 0 Å². The number of pyridine rings is 1. The maximum atomic E-state index is 13.4. The van der Waals surface area contributed by atoms with Gasteiger partial charge in [-0.2, -0.15) is 0 Å². The number of hydrogen-bond donors (Lipinski definition) is 2. The standard InChI is InChI=1S/C18H18N6O3S2/c1-21-15(19)14-17(28-2)23-16(11-4-3-9-22-10-11)24(18(14)25)12-5-7-13(8-6-12)29(20,26)27/h3-10H,1-2H3,(H2,19,21)(H2,20,26,27). The van der Waals surface area contributed by atoms with Crippen LogP contribution in [0, 0.1) is 0 Å². The van der Waals surface area contributed by atoms with Crippen LogP contribution in [0.4, 0.5) is 0 Å². The zero-order chi connectivity index (χ0) is 21.2. The number of nitrogens with zero attached hydrogens (tertiary/aromatic N) is 4. The van der Waals surface area contributed by atoms with Gasteiger partial charge in [-0.3, -0.25) is 19.3 Å². The van der Waals surface area contributed by atoms with E-state index in [1.54, 1.807) is 30.8 Å². The molecule has 0 amide bonds. The molecule has 1 aromatic carbocycles. The average molecular weight is 431 g/mol. The van der Waals surface area contributed by atoms with Gasteiger partial charge in [-0.1, -0.05) is 0 Å². The molecule has 9 nitrogen and oxygen atoms in total. The van der Waals surface area contributed by atoms with Crippen molar-refractivity contribution in [3.63, 3.8) is 0 Å². The van der Waals surface area contributed by atoms with Crippen LogP contribution in [0.25, 0.3) is 17.1 Å². The van der Waals surface area contributed by atoms with Crippen LogP contribution in [-0.4, -0.2) is 42.1 Å². The van der Waals surface area contributed by atoms with Crippen molar-refractivity contribution in [2.24, 2.45) is 15.9 Å². The van der Waals surface area contributed by atoms with Crippen LogP contribution in [0.5, 0.6) is 0 Å². The number of thioether (sulfide) groups is 1. The highest BCUT2D eigenvalue weighted by Gasteiger charge is 2.21. The van der Waals surface area contributed by atoms with Crippen molar-refractivity contribution in [3.8, 4) is 17.1 Å².